The first-order chi connectivity index (χ1) is 22.5. The number of rotatable bonds is 5. The summed E-state index contributed by atoms with van der Waals surface area (Å²) in [6, 6.07) is 4.36. The summed E-state index contributed by atoms with van der Waals surface area (Å²) in [6.07, 6.45) is -1.82. The van der Waals surface area contributed by atoms with Gasteiger partial charge >= 0.3 is 12.3 Å². The number of alkyl halides is 3. The molecule has 4 amide bonds. The number of anilines is 1. The zero-order chi connectivity index (χ0) is 35.0. The molecule has 0 saturated carbocycles. The van der Waals surface area contributed by atoms with Crippen LogP contribution in [-0.4, -0.2) is 103 Å². The Hall–Kier alpha value is -4.60. The number of nitrogens with one attached hydrogen (secondary N) is 2. The minimum Gasteiger partial charge on any atom is -0.444 e. The Morgan fingerprint density at radius 1 is 0.958 bits per heavy atom. The lowest BCUT2D eigenvalue weighted by atomic mass is 9.95. The second-order valence-electron chi connectivity index (χ2n) is 12.7. The smallest absolute Gasteiger partial charge is 0.433 e. The standard InChI is InChI=1S/C31H36ClF3N8O5/c1-30(2,3)48-29(47)43-9-7-18(8-10-43)27(45)41-11-13-42(14-12-41)28(46)20-6-5-19(15-22(20)32)38-26(44)25-36-17-23(40(25)4)21-16-37-39-24(21)31(33,34)35/h5-6,15-18H,7-14H2,1-4H3,(H,37,39)(H,38,44). The van der Waals surface area contributed by atoms with Crippen molar-refractivity contribution in [2.24, 2.45) is 13.0 Å². The number of aromatic nitrogens is 4. The summed E-state index contributed by atoms with van der Waals surface area (Å²) in [5.41, 5.74) is -1.41. The van der Waals surface area contributed by atoms with Crippen LogP contribution in [-0.2, 0) is 22.8 Å². The number of likely N-dealkylation sites (tertiary alicyclic amines) is 1. The fraction of sp³-hybridized carbons (Fsp3) is 0.484. The highest BCUT2D eigenvalue weighted by atomic mass is 35.5. The van der Waals surface area contributed by atoms with Crippen molar-refractivity contribution in [2.75, 3.05) is 44.6 Å². The summed E-state index contributed by atoms with van der Waals surface area (Å²) >= 11 is 6.45. The molecule has 4 heterocycles. The van der Waals surface area contributed by atoms with Crippen LogP contribution >= 0.6 is 11.6 Å². The predicted octanol–water partition coefficient (Wildman–Crippen LogP) is 4.67. The summed E-state index contributed by atoms with van der Waals surface area (Å²) in [6.45, 7) is 7.64. The van der Waals surface area contributed by atoms with E-state index in [-0.39, 0.29) is 57.2 Å². The van der Waals surface area contributed by atoms with Crippen molar-refractivity contribution < 1.29 is 37.1 Å². The van der Waals surface area contributed by atoms with Crippen molar-refractivity contribution in [1.29, 1.82) is 0 Å². The van der Waals surface area contributed by atoms with Crippen molar-refractivity contribution in [2.45, 2.75) is 45.4 Å². The van der Waals surface area contributed by atoms with Crippen LogP contribution in [0.2, 0.25) is 5.02 Å². The van der Waals surface area contributed by atoms with Crippen LogP contribution in [0.3, 0.4) is 0 Å². The lowest BCUT2D eigenvalue weighted by Gasteiger charge is -2.38. The summed E-state index contributed by atoms with van der Waals surface area (Å²) < 4.78 is 46.7. The number of halogens is 4. The van der Waals surface area contributed by atoms with Gasteiger partial charge in [-0.3, -0.25) is 19.5 Å². The zero-order valence-electron chi connectivity index (χ0n) is 26.9. The van der Waals surface area contributed by atoms with E-state index in [0.717, 1.165) is 12.4 Å². The molecular weight excluding hydrogens is 657 g/mol. The van der Waals surface area contributed by atoms with E-state index in [4.69, 9.17) is 16.3 Å². The molecule has 17 heteroatoms. The number of carbonyl (C=O) groups is 4. The Labute approximate surface area is 279 Å². The number of carbonyl (C=O) groups excluding carboxylic acids is 4. The first-order valence-electron chi connectivity index (χ1n) is 15.3. The SMILES string of the molecule is Cn1c(-c2cn[nH]c2C(F)(F)F)cnc1C(=O)Nc1ccc(C(=O)N2CCN(C(=O)C3CCN(C(=O)OC(C)(C)C)CC3)CC2)c(Cl)c1. The molecule has 258 valence electrons. The zero-order valence-corrected chi connectivity index (χ0v) is 27.6. The number of ether oxygens (including phenoxy) is 1. The van der Waals surface area contributed by atoms with Crippen molar-refractivity contribution in [3.8, 4) is 11.3 Å². The van der Waals surface area contributed by atoms with Crippen LogP contribution in [0.4, 0.5) is 23.7 Å². The van der Waals surface area contributed by atoms with Gasteiger partial charge < -0.3 is 29.3 Å². The summed E-state index contributed by atoms with van der Waals surface area (Å²) in [5.74, 6) is -1.38. The van der Waals surface area contributed by atoms with Crippen molar-refractivity contribution in [3.63, 3.8) is 0 Å². The number of aromatic amines is 1. The topological polar surface area (TPSA) is 146 Å². The Morgan fingerprint density at radius 3 is 2.21 bits per heavy atom. The lowest BCUT2D eigenvalue weighted by Crippen LogP contribution is -2.53. The average Bonchev–Trinajstić information content (AvgIpc) is 3.67. The molecule has 5 rings (SSSR count). The monoisotopic (exact) mass is 692 g/mol. The third-order valence-corrected chi connectivity index (χ3v) is 8.53. The Morgan fingerprint density at radius 2 is 1.60 bits per heavy atom. The molecule has 0 atom stereocenters. The predicted molar refractivity (Wildman–Crippen MR) is 168 cm³/mol. The molecule has 0 radical (unpaired) electrons. The third-order valence-electron chi connectivity index (χ3n) is 8.22. The van der Waals surface area contributed by atoms with Crippen LogP contribution in [0.1, 0.15) is 60.3 Å². The quantitative estimate of drug-likeness (QED) is 0.395. The van der Waals surface area contributed by atoms with Crippen molar-refractivity contribution >= 4 is 41.1 Å². The van der Waals surface area contributed by atoms with Crippen molar-refractivity contribution in [1.82, 2.24) is 34.4 Å². The molecule has 13 nitrogen and oxygen atoms in total. The summed E-state index contributed by atoms with van der Waals surface area (Å²) in [4.78, 5) is 60.8. The van der Waals surface area contributed by atoms with E-state index in [2.05, 4.69) is 15.4 Å². The van der Waals surface area contributed by atoms with Crippen LogP contribution in [0.15, 0.2) is 30.6 Å². The highest BCUT2D eigenvalue weighted by molar-refractivity contribution is 6.34. The average molecular weight is 693 g/mol. The van der Waals surface area contributed by atoms with Gasteiger partial charge in [-0.2, -0.15) is 18.3 Å². The van der Waals surface area contributed by atoms with Crippen LogP contribution in [0.25, 0.3) is 11.3 Å². The van der Waals surface area contributed by atoms with Crippen LogP contribution in [0.5, 0.6) is 0 Å². The maximum absolute atomic E-state index is 13.3. The van der Waals surface area contributed by atoms with E-state index in [1.165, 1.54) is 29.8 Å². The Bertz CT molecular complexity index is 1700. The molecule has 3 aromatic rings. The fourth-order valence-electron chi connectivity index (χ4n) is 5.71. The fourth-order valence-corrected chi connectivity index (χ4v) is 5.98. The normalized spacial score (nSPS) is 16.2. The van der Waals surface area contributed by atoms with E-state index >= 15 is 0 Å². The van der Waals surface area contributed by atoms with E-state index in [1.54, 1.807) is 14.7 Å². The molecule has 0 spiro atoms. The Kier molecular flexibility index (Phi) is 9.76. The van der Waals surface area contributed by atoms with Gasteiger partial charge in [0.05, 0.1) is 34.2 Å². The lowest BCUT2D eigenvalue weighted by molar-refractivity contribution is -0.140. The maximum atomic E-state index is 13.3. The number of imidazole rings is 1. The highest BCUT2D eigenvalue weighted by Gasteiger charge is 2.37. The molecular formula is C31H36ClF3N8O5. The number of amides is 4. The molecule has 2 fully saturated rings. The molecule has 2 aromatic heterocycles. The van der Waals surface area contributed by atoms with Gasteiger partial charge in [-0.05, 0) is 51.8 Å². The van der Waals surface area contributed by atoms with E-state index < -0.39 is 23.4 Å². The number of benzene rings is 1. The molecule has 1 aromatic carbocycles. The number of hydrogen-bond donors (Lipinski definition) is 2. The van der Waals surface area contributed by atoms with Gasteiger partial charge in [0.1, 0.15) is 11.3 Å². The summed E-state index contributed by atoms with van der Waals surface area (Å²) in [5, 5.41) is 8.10. The molecule has 2 saturated heterocycles. The third kappa shape index (κ3) is 7.58. The summed E-state index contributed by atoms with van der Waals surface area (Å²) in [7, 11) is 1.40. The Balaban J connectivity index is 1.14. The van der Waals surface area contributed by atoms with E-state index in [1.807, 2.05) is 25.9 Å². The van der Waals surface area contributed by atoms with Crippen LogP contribution < -0.4 is 5.32 Å². The van der Waals surface area contributed by atoms with Crippen molar-refractivity contribution in [3.05, 3.63) is 52.7 Å². The number of H-pyrrole nitrogens is 1. The molecule has 48 heavy (non-hydrogen) atoms. The number of nitrogens with zero attached hydrogens (tertiary/aromatic N) is 6. The van der Waals surface area contributed by atoms with Gasteiger partial charge in [0.25, 0.3) is 11.8 Å². The number of piperazine rings is 1. The maximum Gasteiger partial charge on any atom is 0.433 e. The van der Waals surface area contributed by atoms with Gasteiger partial charge in [0.15, 0.2) is 5.82 Å². The van der Waals surface area contributed by atoms with Gasteiger partial charge in [-0.1, -0.05) is 11.6 Å². The molecule has 0 unspecified atom stereocenters. The number of hydrogen-bond acceptors (Lipinski definition) is 7. The highest BCUT2D eigenvalue weighted by Crippen LogP contribution is 2.35. The molecule has 2 aliphatic heterocycles. The molecule has 2 N–H and O–H groups in total. The van der Waals surface area contributed by atoms with Gasteiger partial charge in [-0.25, -0.2) is 9.78 Å². The van der Waals surface area contributed by atoms with E-state index in [9.17, 15) is 32.3 Å². The molecule has 0 bridgehead atoms. The minimum atomic E-state index is -4.68. The number of piperidine rings is 1. The minimum absolute atomic E-state index is 0.00876. The van der Waals surface area contributed by atoms with Gasteiger partial charge in [0.2, 0.25) is 5.91 Å². The second kappa shape index (κ2) is 13.5. The first-order valence-corrected chi connectivity index (χ1v) is 15.7. The van der Waals surface area contributed by atoms with Crippen LogP contribution in [0, 0.1) is 5.92 Å². The molecule has 0 aliphatic carbocycles. The first kappa shape index (κ1) is 34.7. The second-order valence-corrected chi connectivity index (χ2v) is 13.1. The largest absolute Gasteiger partial charge is 0.444 e. The van der Waals surface area contributed by atoms with Gasteiger partial charge in [-0.15, -0.1) is 0 Å². The molecule has 2 aliphatic rings. The van der Waals surface area contributed by atoms with E-state index in [0.29, 0.717) is 52.1 Å². The van der Waals surface area contributed by atoms with Gasteiger partial charge in [0, 0.05) is 57.9 Å².